The lowest BCUT2D eigenvalue weighted by Crippen LogP contribution is -2.55. The van der Waals surface area contributed by atoms with Gasteiger partial charge in [-0.2, -0.15) is 0 Å². The quantitative estimate of drug-likeness (QED) is 0.101. The van der Waals surface area contributed by atoms with Crippen LogP contribution in [0, 0.1) is 10.1 Å². The van der Waals surface area contributed by atoms with Gasteiger partial charge in [0.05, 0.1) is 27.5 Å². The third-order valence-electron chi connectivity index (χ3n) is 26.9. The van der Waals surface area contributed by atoms with Crippen LogP contribution in [0.5, 0.6) is 0 Å². The zero-order chi connectivity index (χ0) is 47.0. The topological polar surface area (TPSA) is 55.5 Å². The average molecular weight is 959 g/mol. The van der Waals surface area contributed by atoms with Gasteiger partial charge in [0, 0.05) is 12.1 Å². The highest BCUT2D eigenvalue weighted by atomic mass is 16.6. The lowest BCUT2D eigenvalue weighted by atomic mass is 9.45. The Balaban J connectivity index is 1.09. The Kier molecular flexibility index (Phi) is 2.69. The van der Waals surface area contributed by atoms with Crippen molar-refractivity contribution in [3.05, 3.63) is 98.1 Å². The fourth-order valence-corrected chi connectivity index (χ4v) is 26.5. The van der Waals surface area contributed by atoms with Gasteiger partial charge in [0.2, 0.25) is 0 Å². The minimum Gasteiger partial charge on any atom is -0.278 e. The molecule has 35 rings (SSSR count). The molecule has 0 saturated carbocycles. The van der Waals surface area contributed by atoms with Crippen molar-refractivity contribution in [3.8, 4) is 0 Å². The number of non-ortho nitro benzene ring substituents is 1. The molecule has 1 aliphatic heterocycles. The molecule has 1 atom stereocenters. The van der Waals surface area contributed by atoms with Gasteiger partial charge in [-0.05, 0) is 336 Å². The van der Waals surface area contributed by atoms with E-state index in [4.69, 9.17) is 4.99 Å². The van der Waals surface area contributed by atoms with Gasteiger partial charge in [-0.1, -0.05) is 30.3 Å². The molecule has 328 valence electrons. The van der Waals surface area contributed by atoms with Gasteiger partial charge in [0.15, 0.2) is 0 Å². The molecule has 4 nitrogen and oxygen atoms in total. The van der Waals surface area contributed by atoms with E-state index in [9.17, 15) is 10.1 Å². The highest BCUT2D eigenvalue weighted by Crippen LogP contribution is 2.87. The lowest BCUT2D eigenvalue weighted by Gasteiger charge is -2.52. The molecule has 5 aliphatic rings. The fraction of sp³-hybridized carbons (Fsp3) is 0.0405. The van der Waals surface area contributed by atoms with Crippen LogP contribution in [-0.4, -0.2) is 10.6 Å². The lowest BCUT2D eigenvalue weighted by molar-refractivity contribution is -0.384. The summed E-state index contributed by atoms with van der Waals surface area (Å²) in [6, 6.07) is 19.1. The van der Waals surface area contributed by atoms with Crippen LogP contribution in [-0.2, 0) is 10.8 Å². The summed E-state index contributed by atoms with van der Waals surface area (Å²) in [7, 11) is 0. The predicted molar refractivity (Wildman–Crippen MR) is 323 cm³/mol. The van der Waals surface area contributed by atoms with Crippen molar-refractivity contribution < 1.29 is 4.92 Å². The molecule has 78 heavy (non-hydrogen) atoms. The largest absolute Gasteiger partial charge is 0.278 e. The van der Waals surface area contributed by atoms with E-state index < -0.39 is 10.8 Å². The van der Waals surface area contributed by atoms with Crippen LogP contribution in [0.25, 0.3) is 291 Å². The molecule has 0 aromatic heterocycles. The molecule has 0 saturated heterocycles. The second kappa shape index (κ2) is 7.01. The first-order chi connectivity index (χ1) is 38.7. The van der Waals surface area contributed by atoms with Crippen molar-refractivity contribution in [1.82, 2.24) is 0 Å². The van der Waals surface area contributed by atoms with E-state index in [0.717, 1.165) is 11.3 Å². The fourth-order valence-electron chi connectivity index (χ4n) is 26.5. The van der Waals surface area contributed by atoms with E-state index in [1.165, 1.54) is 38.2 Å². The molecular formula is C74H10N2O2. The molecule has 1 heterocycles. The average Bonchev–Trinajstić information content (AvgIpc) is 1.46. The Morgan fingerprint density at radius 1 is 0.295 bits per heavy atom. The van der Waals surface area contributed by atoms with Gasteiger partial charge >= 0.3 is 0 Å². The summed E-state index contributed by atoms with van der Waals surface area (Å²) in [5.74, 6) is 0. The highest BCUT2D eigenvalue weighted by molar-refractivity contribution is 6.82. The van der Waals surface area contributed by atoms with E-state index in [-0.39, 0.29) is 16.7 Å². The Morgan fingerprint density at radius 2 is 0.526 bits per heavy atom. The molecule has 1 unspecified atom stereocenters. The number of benzene rings is 20. The van der Waals surface area contributed by atoms with Gasteiger partial charge in [0.1, 0.15) is 0 Å². The number of aliphatic imine (C=N–C) groups is 1. The van der Waals surface area contributed by atoms with Crippen LogP contribution in [0.3, 0.4) is 0 Å². The van der Waals surface area contributed by atoms with Gasteiger partial charge in [-0.25, -0.2) is 0 Å². The molecule has 30 aromatic rings. The summed E-state index contributed by atoms with van der Waals surface area (Å²) in [4.78, 5) is 19.1. The van der Waals surface area contributed by atoms with E-state index in [1.807, 2.05) is 0 Å². The molecule has 2 spiro atoms. The number of rotatable bonds is 3. The van der Waals surface area contributed by atoms with Crippen LogP contribution in [0.15, 0.2) is 59.6 Å². The maximum absolute atomic E-state index is 12.7. The predicted octanol–water partition coefficient (Wildman–Crippen LogP) is 19.4. The zero-order valence-electron chi connectivity index (χ0n) is 39.5. The van der Waals surface area contributed by atoms with Crippen molar-refractivity contribution in [2.24, 2.45) is 4.99 Å². The summed E-state index contributed by atoms with van der Waals surface area (Å²) in [5.41, 5.74) is 8.37. The third-order valence-corrected chi connectivity index (χ3v) is 26.9. The van der Waals surface area contributed by atoms with Gasteiger partial charge in [-0.3, -0.25) is 15.1 Å². The van der Waals surface area contributed by atoms with E-state index in [2.05, 4.69) is 42.5 Å². The monoisotopic (exact) mass is 958 g/mol. The number of nitrogens with zero attached hydrogens (tertiary/aromatic N) is 2. The number of nitro benzene ring substituents is 1. The number of hydrogen-bond acceptors (Lipinski definition) is 3. The van der Waals surface area contributed by atoms with Crippen LogP contribution >= 0.6 is 0 Å². The molecular weight excluding hydrogens is 949 g/mol. The molecule has 0 fully saturated rings. The number of hydrogen-bond donors (Lipinski definition) is 0. The SMILES string of the molecule is O=[N+]([O-])c1ccc(C2=NC(c3ccccc3)C34c5c6c7c8c9c%10c(c%11c%12c3c3c5c5c%13c6c6c7c7c9c9c%14c%10c%10c%11c%11c%12c%12c3c3c5c5c%13c%13c6c6c7c9c7c9c%14c%10c%10c%11c%11c%12c3c3c5c5c%13c6c7c6c9c%10c%11c3c56)C284)cc1. The number of nitro groups is 1. The summed E-state index contributed by atoms with van der Waals surface area (Å²) >= 11 is 0. The summed E-state index contributed by atoms with van der Waals surface area (Å²) in [6.07, 6.45) is 0. The normalized spacial score (nSPS) is 22.3. The Labute approximate surface area is 424 Å². The molecule has 0 radical (unpaired) electrons. The third kappa shape index (κ3) is 1.66. The first-order valence-corrected chi connectivity index (χ1v) is 28.4. The van der Waals surface area contributed by atoms with Gasteiger partial charge in [0.25, 0.3) is 5.69 Å². The van der Waals surface area contributed by atoms with Crippen molar-refractivity contribution in [1.29, 1.82) is 0 Å². The maximum Gasteiger partial charge on any atom is 0.269 e. The highest BCUT2D eigenvalue weighted by Gasteiger charge is 2.76. The Bertz CT molecular complexity index is 7800. The molecule has 0 amide bonds. The smallest absolute Gasteiger partial charge is 0.269 e. The van der Waals surface area contributed by atoms with Crippen LogP contribution in [0.2, 0.25) is 0 Å². The molecule has 4 heteroatoms. The first kappa shape index (κ1) is 29.9. The summed E-state index contributed by atoms with van der Waals surface area (Å²) in [6.45, 7) is 0. The summed E-state index contributed by atoms with van der Waals surface area (Å²) in [5, 5.41) is 97.7. The van der Waals surface area contributed by atoms with Gasteiger partial charge < -0.3 is 0 Å². The van der Waals surface area contributed by atoms with Gasteiger partial charge in [-0.15, -0.1) is 0 Å². The standard InChI is InChI=1S/C74H10N2O2/c77-76(78)12-8-6-11(7-9-12)72-74-69-61-53-43-33-25-17-14-13-15-19-21(17)29-35-27(19)37-31-23(15)24-16(13)20-22-18(14)26(25)34-40-30(22)36-28(20)38-32(24)42-41(31)51-45(37)55-49(35)57(47(53)39(29)33)65(69)63(55)67-59(51)60-52(42)46(38)56-50(36)58-48(40)54(44(34)43)62(61)70(74)66(58)64(56)68(60)73(67,74)71(75-72)10-4-2-1-3-5-10/h1-9,71H. The first-order valence-electron chi connectivity index (χ1n) is 28.4. The van der Waals surface area contributed by atoms with E-state index >= 15 is 0 Å². The van der Waals surface area contributed by atoms with Crippen molar-refractivity contribution in [2.75, 3.05) is 0 Å². The molecule has 30 aromatic carbocycles. The zero-order valence-corrected chi connectivity index (χ0v) is 39.5. The minimum atomic E-state index is -0.741. The Morgan fingerprint density at radius 3 is 0.769 bits per heavy atom. The second-order valence-corrected chi connectivity index (χ2v) is 27.4. The minimum absolute atomic E-state index is 0.130. The molecule has 4 aliphatic carbocycles. The van der Waals surface area contributed by atoms with Crippen LogP contribution in [0.4, 0.5) is 5.69 Å². The molecule has 0 bridgehead atoms. The van der Waals surface area contributed by atoms with E-state index in [1.54, 1.807) is 293 Å². The maximum atomic E-state index is 12.7. The van der Waals surface area contributed by atoms with Crippen molar-refractivity contribution in [3.63, 3.8) is 0 Å². The Hall–Kier alpha value is -10.0. The second-order valence-electron chi connectivity index (χ2n) is 27.4. The van der Waals surface area contributed by atoms with Crippen LogP contribution < -0.4 is 0 Å². The van der Waals surface area contributed by atoms with E-state index in [0.29, 0.717) is 0 Å². The van der Waals surface area contributed by atoms with Crippen LogP contribution in [0.1, 0.15) is 39.4 Å². The van der Waals surface area contributed by atoms with Crippen molar-refractivity contribution in [2.45, 2.75) is 16.9 Å². The summed E-state index contributed by atoms with van der Waals surface area (Å²) < 4.78 is 0. The van der Waals surface area contributed by atoms with Crippen molar-refractivity contribution >= 4 is 302 Å². The molecule has 0 N–H and O–H groups in total.